The van der Waals surface area contributed by atoms with Crippen LogP contribution in [0.5, 0.6) is 0 Å². The van der Waals surface area contributed by atoms with Crippen LogP contribution in [0, 0.1) is 11.8 Å². The molecule has 6 nitrogen and oxygen atoms in total. The summed E-state index contributed by atoms with van der Waals surface area (Å²) in [5.74, 6) is -0.354. The van der Waals surface area contributed by atoms with E-state index in [4.69, 9.17) is 9.47 Å². The molecule has 1 saturated heterocycles. The van der Waals surface area contributed by atoms with E-state index in [1.165, 1.54) is 28.9 Å². The number of aryl methyl sites for hydroxylation is 1. The highest BCUT2D eigenvalue weighted by molar-refractivity contribution is 7.14. The van der Waals surface area contributed by atoms with Crippen LogP contribution in [0.15, 0.2) is 6.07 Å². The standard InChI is InChI=1S/C19H25NO5S/c1-12-3-4-15-14(9-12)10-16(26-15)19(23)25-11-17(21)20-7-5-13(6-8-20)18(22)24-2/h10,12-13H,3-9,11H2,1-2H3/t12-/m1/s1. The van der Waals surface area contributed by atoms with Gasteiger partial charge in [0.25, 0.3) is 5.91 Å². The molecule has 2 heterocycles. The van der Waals surface area contributed by atoms with Crippen molar-refractivity contribution in [3.63, 3.8) is 0 Å². The van der Waals surface area contributed by atoms with Crippen LogP contribution in [0.2, 0.25) is 0 Å². The second-order valence-electron chi connectivity index (χ2n) is 7.16. The van der Waals surface area contributed by atoms with Gasteiger partial charge in [-0.05, 0) is 49.7 Å². The van der Waals surface area contributed by atoms with Gasteiger partial charge < -0.3 is 14.4 Å². The molecule has 0 radical (unpaired) electrons. The molecule has 2 aliphatic rings. The van der Waals surface area contributed by atoms with Gasteiger partial charge in [0.2, 0.25) is 0 Å². The molecule has 142 valence electrons. The van der Waals surface area contributed by atoms with Gasteiger partial charge in [-0.1, -0.05) is 6.92 Å². The first kappa shape index (κ1) is 18.9. The minimum Gasteiger partial charge on any atom is -0.469 e. The maximum absolute atomic E-state index is 12.3. The molecule has 1 aliphatic carbocycles. The monoisotopic (exact) mass is 379 g/mol. The number of thiophene rings is 1. The topological polar surface area (TPSA) is 72.9 Å². The minimum absolute atomic E-state index is 0.147. The molecule has 1 fully saturated rings. The summed E-state index contributed by atoms with van der Waals surface area (Å²) in [7, 11) is 1.38. The number of hydrogen-bond donors (Lipinski definition) is 0. The van der Waals surface area contributed by atoms with E-state index in [-0.39, 0.29) is 24.4 Å². The molecule has 1 amide bonds. The fraction of sp³-hybridized carbons (Fsp3) is 0.632. The Balaban J connectivity index is 1.48. The molecule has 1 aliphatic heterocycles. The highest BCUT2D eigenvalue weighted by Gasteiger charge is 2.28. The molecule has 1 aromatic heterocycles. The van der Waals surface area contributed by atoms with Crippen molar-refractivity contribution in [2.24, 2.45) is 11.8 Å². The van der Waals surface area contributed by atoms with Crippen molar-refractivity contribution in [2.45, 2.75) is 39.0 Å². The Bertz CT molecular complexity index is 690. The number of ether oxygens (including phenoxy) is 2. The number of hydrogen-bond acceptors (Lipinski definition) is 6. The lowest BCUT2D eigenvalue weighted by molar-refractivity contribution is -0.149. The van der Waals surface area contributed by atoms with Gasteiger partial charge in [-0.25, -0.2) is 4.79 Å². The quantitative estimate of drug-likeness (QED) is 0.752. The number of carbonyl (C=O) groups excluding carboxylic acids is 3. The molecule has 0 spiro atoms. The van der Waals surface area contributed by atoms with Gasteiger partial charge in [-0.3, -0.25) is 9.59 Å². The van der Waals surface area contributed by atoms with E-state index in [1.807, 2.05) is 6.07 Å². The summed E-state index contributed by atoms with van der Waals surface area (Å²) in [5, 5.41) is 0. The van der Waals surface area contributed by atoms with E-state index >= 15 is 0 Å². The SMILES string of the molecule is COC(=O)C1CCN(C(=O)COC(=O)c2cc3c(s2)CC[C@@H](C)C3)CC1. The van der Waals surface area contributed by atoms with Gasteiger partial charge in [-0.15, -0.1) is 11.3 Å². The Hall–Kier alpha value is -1.89. The Morgan fingerprint density at radius 1 is 1.23 bits per heavy atom. The highest BCUT2D eigenvalue weighted by atomic mass is 32.1. The third kappa shape index (κ3) is 4.26. The molecule has 0 saturated carbocycles. The van der Waals surface area contributed by atoms with Gasteiger partial charge >= 0.3 is 11.9 Å². The van der Waals surface area contributed by atoms with Crippen LogP contribution < -0.4 is 0 Å². The number of amides is 1. The van der Waals surface area contributed by atoms with Crippen LogP contribution in [0.1, 0.15) is 46.3 Å². The van der Waals surface area contributed by atoms with Crippen LogP contribution in [-0.2, 0) is 31.9 Å². The highest BCUT2D eigenvalue weighted by Crippen LogP contribution is 2.32. The van der Waals surface area contributed by atoms with Crippen LogP contribution in [0.25, 0.3) is 0 Å². The first-order chi connectivity index (χ1) is 12.5. The molecule has 0 unspecified atom stereocenters. The van der Waals surface area contributed by atoms with E-state index in [1.54, 1.807) is 4.90 Å². The summed E-state index contributed by atoms with van der Waals surface area (Å²) in [6.45, 7) is 2.95. The molecular formula is C19H25NO5S. The number of fused-ring (bicyclic) bond motifs is 1. The summed E-state index contributed by atoms with van der Waals surface area (Å²) in [6.07, 6.45) is 4.35. The lowest BCUT2D eigenvalue weighted by Gasteiger charge is -2.30. The van der Waals surface area contributed by atoms with Crippen LogP contribution in [0.4, 0.5) is 0 Å². The zero-order chi connectivity index (χ0) is 18.7. The number of methoxy groups -OCH3 is 1. The van der Waals surface area contributed by atoms with E-state index in [0.717, 1.165) is 19.3 Å². The fourth-order valence-corrected chi connectivity index (χ4v) is 4.73. The molecule has 1 atom stereocenters. The van der Waals surface area contributed by atoms with E-state index in [2.05, 4.69) is 6.92 Å². The zero-order valence-corrected chi connectivity index (χ0v) is 16.1. The van der Waals surface area contributed by atoms with Gasteiger partial charge in [0.1, 0.15) is 4.88 Å². The number of carbonyl (C=O) groups is 3. The van der Waals surface area contributed by atoms with Crippen molar-refractivity contribution in [2.75, 3.05) is 26.8 Å². The first-order valence-corrected chi connectivity index (χ1v) is 9.94. The molecule has 3 rings (SSSR count). The predicted molar refractivity (Wildman–Crippen MR) is 97.1 cm³/mol. The van der Waals surface area contributed by atoms with E-state index < -0.39 is 5.97 Å². The fourth-order valence-electron chi connectivity index (χ4n) is 3.63. The number of likely N-dealkylation sites (tertiary alicyclic amines) is 1. The van der Waals surface area contributed by atoms with Crippen LogP contribution in [0.3, 0.4) is 0 Å². The Kier molecular flexibility index (Phi) is 5.96. The summed E-state index contributed by atoms with van der Waals surface area (Å²) >= 11 is 1.49. The Morgan fingerprint density at radius 2 is 1.96 bits per heavy atom. The lowest BCUT2D eigenvalue weighted by Crippen LogP contribution is -2.42. The van der Waals surface area contributed by atoms with Gasteiger partial charge in [-0.2, -0.15) is 0 Å². The van der Waals surface area contributed by atoms with Gasteiger partial charge in [0.15, 0.2) is 6.61 Å². The van der Waals surface area contributed by atoms with E-state index in [9.17, 15) is 14.4 Å². The molecule has 26 heavy (non-hydrogen) atoms. The second kappa shape index (κ2) is 8.20. The average Bonchev–Trinajstić information content (AvgIpc) is 3.08. The number of nitrogens with zero attached hydrogens (tertiary/aromatic N) is 1. The number of rotatable bonds is 4. The van der Waals surface area contributed by atoms with E-state index in [0.29, 0.717) is 36.7 Å². The number of piperidine rings is 1. The van der Waals surface area contributed by atoms with Crippen molar-refractivity contribution in [1.29, 1.82) is 0 Å². The molecular weight excluding hydrogens is 354 g/mol. The van der Waals surface area contributed by atoms with Crippen molar-refractivity contribution in [1.82, 2.24) is 4.90 Å². The summed E-state index contributed by atoms with van der Waals surface area (Å²) < 4.78 is 9.98. The van der Waals surface area contributed by atoms with Crippen molar-refractivity contribution >= 4 is 29.2 Å². The summed E-state index contributed by atoms with van der Waals surface area (Å²) in [5.41, 5.74) is 1.25. The molecule has 1 aromatic rings. The third-order valence-corrected chi connectivity index (χ3v) is 6.46. The van der Waals surface area contributed by atoms with Crippen molar-refractivity contribution in [3.05, 3.63) is 21.4 Å². The van der Waals surface area contributed by atoms with Gasteiger partial charge in [0.05, 0.1) is 13.0 Å². The Labute approximate surface area is 157 Å². The third-order valence-electron chi connectivity index (χ3n) is 5.24. The maximum atomic E-state index is 12.3. The molecule has 7 heteroatoms. The van der Waals surface area contributed by atoms with Gasteiger partial charge in [0, 0.05) is 18.0 Å². The normalized spacial score (nSPS) is 20.4. The smallest absolute Gasteiger partial charge is 0.348 e. The van der Waals surface area contributed by atoms with Crippen LogP contribution >= 0.6 is 11.3 Å². The predicted octanol–water partition coefficient (Wildman–Crippen LogP) is 2.44. The van der Waals surface area contributed by atoms with Crippen LogP contribution in [-0.4, -0.2) is 49.6 Å². The second-order valence-corrected chi connectivity index (χ2v) is 8.30. The lowest BCUT2D eigenvalue weighted by atomic mass is 9.90. The van der Waals surface area contributed by atoms with Crippen molar-refractivity contribution < 1.29 is 23.9 Å². The average molecular weight is 379 g/mol. The largest absolute Gasteiger partial charge is 0.469 e. The molecule has 0 bridgehead atoms. The number of esters is 2. The Morgan fingerprint density at radius 3 is 2.65 bits per heavy atom. The minimum atomic E-state index is -0.421. The summed E-state index contributed by atoms with van der Waals surface area (Å²) in [4.78, 5) is 39.5. The molecule has 0 N–H and O–H groups in total. The maximum Gasteiger partial charge on any atom is 0.348 e. The zero-order valence-electron chi connectivity index (χ0n) is 15.3. The molecule has 0 aromatic carbocycles. The first-order valence-electron chi connectivity index (χ1n) is 9.12. The summed E-state index contributed by atoms with van der Waals surface area (Å²) in [6, 6.07) is 1.92. The van der Waals surface area contributed by atoms with Crippen molar-refractivity contribution in [3.8, 4) is 0 Å².